The summed E-state index contributed by atoms with van der Waals surface area (Å²) < 4.78 is 0. The van der Waals surface area contributed by atoms with Gasteiger partial charge in [0, 0.05) is 23.1 Å². The largest absolute Gasteiger partial charge is 0.270 e. The Hall–Kier alpha value is -2.53. The predicted octanol–water partition coefficient (Wildman–Crippen LogP) is 3.86. The molecule has 0 amide bonds. The van der Waals surface area contributed by atoms with E-state index >= 15 is 0 Å². The van der Waals surface area contributed by atoms with E-state index < -0.39 is 4.92 Å². The summed E-state index contributed by atoms with van der Waals surface area (Å²) in [6, 6.07) is 11.7. The summed E-state index contributed by atoms with van der Waals surface area (Å²) >= 11 is 6.15. The van der Waals surface area contributed by atoms with Gasteiger partial charge in [-0.1, -0.05) is 29.8 Å². The Morgan fingerprint density at radius 1 is 1.10 bits per heavy atom. The van der Waals surface area contributed by atoms with Gasteiger partial charge in [0.15, 0.2) is 0 Å². The zero-order valence-corrected chi connectivity index (χ0v) is 10.9. The fourth-order valence-corrected chi connectivity index (χ4v) is 2.23. The molecule has 0 aliphatic rings. The van der Waals surface area contributed by atoms with Gasteiger partial charge in [-0.05, 0) is 12.1 Å². The van der Waals surface area contributed by atoms with Gasteiger partial charge < -0.3 is 0 Å². The van der Waals surface area contributed by atoms with Crippen molar-refractivity contribution < 1.29 is 4.92 Å². The molecule has 0 N–H and O–H groups in total. The monoisotopic (exact) mass is 285 g/mol. The first-order valence-corrected chi connectivity index (χ1v) is 6.18. The molecule has 0 unspecified atom stereocenters. The van der Waals surface area contributed by atoms with Gasteiger partial charge in [0.05, 0.1) is 21.2 Å². The summed E-state index contributed by atoms with van der Waals surface area (Å²) in [7, 11) is 0. The minimum absolute atomic E-state index is 0.0212. The second-order valence-electron chi connectivity index (χ2n) is 4.16. The number of para-hydroxylation sites is 1. The van der Waals surface area contributed by atoms with Gasteiger partial charge in [-0.15, -0.1) is 0 Å². The Labute approximate surface area is 119 Å². The summed E-state index contributed by atoms with van der Waals surface area (Å²) in [5, 5.41) is 12.1. The van der Waals surface area contributed by atoms with Crippen LogP contribution in [-0.2, 0) is 0 Å². The lowest BCUT2D eigenvalue weighted by Crippen LogP contribution is -1.92. The SMILES string of the molecule is O=[N+]([O-])c1ccc(Cl)c(-c2ncnc3ccccc23)c1. The molecule has 2 aromatic carbocycles. The quantitative estimate of drug-likeness (QED) is 0.529. The van der Waals surface area contributed by atoms with Crippen molar-refractivity contribution in [2.45, 2.75) is 0 Å². The fourth-order valence-electron chi connectivity index (χ4n) is 2.03. The number of benzene rings is 2. The average Bonchev–Trinajstić information content (AvgIpc) is 2.47. The van der Waals surface area contributed by atoms with Crippen LogP contribution in [0.1, 0.15) is 0 Å². The highest BCUT2D eigenvalue weighted by molar-refractivity contribution is 6.33. The van der Waals surface area contributed by atoms with Gasteiger partial charge in [-0.3, -0.25) is 10.1 Å². The van der Waals surface area contributed by atoms with Crippen LogP contribution < -0.4 is 0 Å². The standard InChI is InChI=1S/C14H8ClN3O2/c15-12-6-5-9(18(19)20)7-11(12)14-10-3-1-2-4-13(10)16-8-17-14/h1-8H. The Morgan fingerprint density at radius 2 is 1.90 bits per heavy atom. The van der Waals surface area contributed by atoms with Gasteiger partial charge >= 0.3 is 0 Å². The van der Waals surface area contributed by atoms with Crippen molar-refractivity contribution in [2.75, 3.05) is 0 Å². The van der Waals surface area contributed by atoms with Crippen LogP contribution >= 0.6 is 11.6 Å². The molecule has 0 saturated carbocycles. The van der Waals surface area contributed by atoms with Gasteiger partial charge in [0.2, 0.25) is 0 Å². The van der Waals surface area contributed by atoms with Crippen molar-refractivity contribution in [3.63, 3.8) is 0 Å². The van der Waals surface area contributed by atoms with Crippen LogP contribution in [0.2, 0.25) is 5.02 Å². The first-order chi connectivity index (χ1) is 9.66. The summed E-state index contributed by atoms with van der Waals surface area (Å²) in [4.78, 5) is 18.8. The molecular formula is C14H8ClN3O2. The zero-order valence-electron chi connectivity index (χ0n) is 10.2. The molecule has 6 heteroatoms. The van der Waals surface area contributed by atoms with Crippen LogP contribution in [0.4, 0.5) is 5.69 Å². The summed E-state index contributed by atoms with van der Waals surface area (Å²) in [5.74, 6) is 0. The number of nitrogens with zero attached hydrogens (tertiary/aromatic N) is 3. The summed E-state index contributed by atoms with van der Waals surface area (Å²) in [6.07, 6.45) is 1.42. The van der Waals surface area contributed by atoms with Crippen molar-refractivity contribution in [2.24, 2.45) is 0 Å². The molecule has 0 spiro atoms. The third-order valence-corrected chi connectivity index (χ3v) is 3.29. The zero-order chi connectivity index (χ0) is 14.1. The molecule has 5 nitrogen and oxygen atoms in total. The number of rotatable bonds is 2. The minimum Gasteiger partial charge on any atom is -0.258 e. The highest BCUT2D eigenvalue weighted by Gasteiger charge is 2.14. The maximum Gasteiger partial charge on any atom is 0.270 e. The molecular weight excluding hydrogens is 278 g/mol. The molecule has 0 aliphatic heterocycles. The van der Waals surface area contributed by atoms with Gasteiger partial charge in [-0.25, -0.2) is 9.97 Å². The smallest absolute Gasteiger partial charge is 0.258 e. The molecule has 0 radical (unpaired) electrons. The van der Waals surface area contributed by atoms with E-state index in [2.05, 4.69) is 9.97 Å². The molecule has 3 aromatic rings. The molecule has 0 bridgehead atoms. The fraction of sp³-hybridized carbons (Fsp3) is 0. The molecule has 0 fully saturated rings. The van der Waals surface area contributed by atoms with Crippen LogP contribution in [0, 0.1) is 10.1 Å². The van der Waals surface area contributed by atoms with E-state index in [4.69, 9.17) is 11.6 Å². The van der Waals surface area contributed by atoms with Crippen molar-refractivity contribution >= 4 is 28.2 Å². The first-order valence-electron chi connectivity index (χ1n) is 5.81. The normalized spacial score (nSPS) is 10.7. The van der Waals surface area contributed by atoms with Gasteiger partial charge in [0.25, 0.3) is 5.69 Å². The molecule has 98 valence electrons. The Balaban J connectivity index is 2.30. The van der Waals surface area contributed by atoms with Gasteiger partial charge in [0.1, 0.15) is 6.33 Å². The number of halogens is 1. The van der Waals surface area contributed by atoms with Gasteiger partial charge in [-0.2, -0.15) is 0 Å². The maximum atomic E-state index is 10.9. The molecule has 1 heterocycles. The molecule has 0 saturated heterocycles. The number of hydrogen-bond donors (Lipinski definition) is 0. The Bertz CT molecular complexity index is 815. The Morgan fingerprint density at radius 3 is 2.70 bits per heavy atom. The van der Waals surface area contributed by atoms with E-state index in [0.29, 0.717) is 16.3 Å². The molecule has 20 heavy (non-hydrogen) atoms. The third-order valence-electron chi connectivity index (χ3n) is 2.96. The Kier molecular flexibility index (Phi) is 3.04. The van der Waals surface area contributed by atoms with Crippen LogP contribution in [0.15, 0.2) is 48.8 Å². The van der Waals surface area contributed by atoms with E-state index in [1.807, 2.05) is 24.3 Å². The minimum atomic E-state index is -0.455. The van der Waals surface area contributed by atoms with Crippen LogP contribution in [0.5, 0.6) is 0 Å². The number of nitro groups is 1. The first kappa shape index (κ1) is 12.5. The average molecular weight is 286 g/mol. The van der Waals surface area contributed by atoms with Crippen LogP contribution in [0.25, 0.3) is 22.2 Å². The number of hydrogen-bond acceptors (Lipinski definition) is 4. The summed E-state index contributed by atoms with van der Waals surface area (Å²) in [5.41, 5.74) is 1.86. The molecule has 0 aliphatic carbocycles. The van der Waals surface area contributed by atoms with Crippen molar-refractivity contribution in [1.82, 2.24) is 9.97 Å². The van der Waals surface area contributed by atoms with E-state index in [0.717, 1.165) is 10.9 Å². The molecule has 3 rings (SSSR count). The second-order valence-corrected chi connectivity index (χ2v) is 4.57. The topological polar surface area (TPSA) is 68.9 Å². The third kappa shape index (κ3) is 2.08. The van der Waals surface area contributed by atoms with Crippen molar-refractivity contribution in [3.05, 3.63) is 63.9 Å². The van der Waals surface area contributed by atoms with Crippen LogP contribution in [-0.4, -0.2) is 14.9 Å². The molecule has 0 atom stereocenters. The highest BCUT2D eigenvalue weighted by Crippen LogP contribution is 2.33. The van der Waals surface area contributed by atoms with E-state index in [-0.39, 0.29) is 5.69 Å². The maximum absolute atomic E-state index is 10.9. The summed E-state index contributed by atoms with van der Waals surface area (Å²) in [6.45, 7) is 0. The number of fused-ring (bicyclic) bond motifs is 1. The van der Waals surface area contributed by atoms with E-state index in [1.165, 1.54) is 24.5 Å². The van der Waals surface area contributed by atoms with E-state index in [1.54, 1.807) is 0 Å². The number of aromatic nitrogens is 2. The van der Waals surface area contributed by atoms with Crippen molar-refractivity contribution in [3.8, 4) is 11.3 Å². The second kappa shape index (κ2) is 4.86. The predicted molar refractivity (Wildman–Crippen MR) is 76.6 cm³/mol. The highest BCUT2D eigenvalue weighted by atomic mass is 35.5. The lowest BCUT2D eigenvalue weighted by Gasteiger charge is -2.06. The van der Waals surface area contributed by atoms with Crippen molar-refractivity contribution in [1.29, 1.82) is 0 Å². The van der Waals surface area contributed by atoms with Crippen LogP contribution in [0.3, 0.4) is 0 Å². The molecule has 1 aromatic heterocycles. The number of non-ortho nitro benzene ring substituents is 1. The lowest BCUT2D eigenvalue weighted by molar-refractivity contribution is -0.384. The lowest BCUT2D eigenvalue weighted by atomic mass is 10.1. The number of nitro benzene ring substituents is 1. The van der Waals surface area contributed by atoms with E-state index in [9.17, 15) is 10.1 Å².